The number of aryl methyl sites for hydroxylation is 1. The molecule has 20 heavy (non-hydrogen) atoms. The van der Waals surface area contributed by atoms with Crippen LogP contribution < -0.4 is 0 Å². The van der Waals surface area contributed by atoms with E-state index in [4.69, 9.17) is 5.11 Å². The zero-order chi connectivity index (χ0) is 15.5. The largest absolute Gasteiger partial charge is 0.481 e. The van der Waals surface area contributed by atoms with Gasteiger partial charge in [-0.2, -0.15) is 4.31 Å². The summed E-state index contributed by atoms with van der Waals surface area (Å²) in [6.07, 6.45) is -0.215. The summed E-state index contributed by atoms with van der Waals surface area (Å²) in [7, 11) is -3.69. The van der Waals surface area contributed by atoms with E-state index < -0.39 is 16.0 Å². The van der Waals surface area contributed by atoms with Gasteiger partial charge < -0.3 is 5.11 Å². The molecule has 0 unspecified atom stereocenters. The lowest BCUT2D eigenvalue weighted by molar-refractivity contribution is -0.137. The number of benzene rings is 1. The first-order valence-corrected chi connectivity index (χ1v) is 8.39. The molecule has 112 valence electrons. The van der Waals surface area contributed by atoms with E-state index in [0.29, 0.717) is 0 Å². The zero-order valence-electron chi connectivity index (χ0n) is 11.6. The van der Waals surface area contributed by atoms with Gasteiger partial charge in [-0.05, 0) is 44.5 Å². The number of hydrogen-bond donors (Lipinski definition) is 1. The van der Waals surface area contributed by atoms with E-state index in [1.54, 1.807) is 32.9 Å². The molecule has 1 aromatic carbocycles. The van der Waals surface area contributed by atoms with E-state index in [1.165, 1.54) is 10.4 Å². The number of sulfonamides is 1. The van der Waals surface area contributed by atoms with Crippen molar-refractivity contribution in [2.24, 2.45) is 0 Å². The average Bonchev–Trinajstić information content (AvgIpc) is 2.31. The van der Waals surface area contributed by atoms with Crippen LogP contribution in [0.5, 0.6) is 0 Å². The maximum absolute atomic E-state index is 12.6. The molecular weight excluding hydrogens is 346 g/mol. The lowest BCUT2D eigenvalue weighted by atomic mass is 10.2. The summed E-state index contributed by atoms with van der Waals surface area (Å²) in [5, 5.41) is 8.73. The maximum Gasteiger partial charge on any atom is 0.304 e. The fourth-order valence-electron chi connectivity index (χ4n) is 1.77. The normalized spacial score (nSPS) is 12.1. The van der Waals surface area contributed by atoms with Gasteiger partial charge in [0.15, 0.2) is 0 Å². The summed E-state index contributed by atoms with van der Waals surface area (Å²) in [6.45, 7) is 5.22. The van der Waals surface area contributed by atoms with Gasteiger partial charge in [-0.1, -0.05) is 15.9 Å². The standard InChI is InChI=1S/C13H18BrNO4S/c1-9(2)15(7-6-13(16)17)20(18,19)11-4-5-12(14)10(3)8-11/h4-5,8-9H,6-7H2,1-3H3,(H,16,17). The van der Waals surface area contributed by atoms with Gasteiger partial charge in [-0.15, -0.1) is 0 Å². The van der Waals surface area contributed by atoms with Crippen LogP contribution in [0, 0.1) is 6.92 Å². The predicted octanol–water partition coefficient (Wildman–Crippen LogP) is 2.63. The summed E-state index contributed by atoms with van der Waals surface area (Å²) >= 11 is 3.33. The number of aliphatic carboxylic acids is 1. The molecule has 5 nitrogen and oxygen atoms in total. The number of carboxylic acids is 1. The minimum absolute atomic E-state index is 0.0373. The second-order valence-corrected chi connectivity index (χ2v) is 7.51. The molecule has 7 heteroatoms. The molecule has 0 aliphatic heterocycles. The molecule has 0 radical (unpaired) electrons. The number of carbonyl (C=O) groups is 1. The minimum atomic E-state index is -3.69. The highest BCUT2D eigenvalue weighted by Gasteiger charge is 2.27. The van der Waals surface area contributed by atoms with E-state index >= 15 is 0 Å². The Labute approximate surface area is 127 Å². The molecule has 0 bridgehead atoms. The second-order valence-electron chi connectivity index (χ2n) is 4.76. The Balaban J connectivity index is 3.15. The van der Waals surface area contributed by atoms with E-state index in [-0.39, 0.29) is 23.9 Å². The van der Waals surface area contributed by atoms with Crippen molar-refractivity contribution in [2.75, 3.05) is 6.54 Å². The third kappa shape index (κ3) is 4.04. The molecule has 0 amide bonds. The molecule has 1 rings (SSSR count). The Hall–Kier alpha value is -0.920. The molecule has 0 aliphatic carbocycles. The number of halogens is 1. The van der Waals surface area contributed by atoms with Gasteiger partial charge in [-0.25, -0.2) is 8.42 Å². The smallest absolute Gasteiger partial charge is 0.304 e. The molecule has 0 spiro atoms. The fourth-order valence-corrected chi connectivity index (χ4v) is 3.74. The van der Waals surface area contributed by atoms with Crippen LogP contribution in [0.1, 0.15) is 25.8 Å². The summed E-state index contributed by atoms with van der Waals surface area (Å²) in [4.78, 5) is 10.8. The molecule has 1 N–H and O–H groups in total. The Kier molecular flexibility index (Phi) is 5.73. The van der Waals surface area contributed by atoms with Crippen LogP contribution in [-0.4, -0.2) is 36.4 Å². The number of carboxylic acid groups (broad SMARTS) is 1. The third-order valence-corrected chi connectivity index (χ3v) is 5.82. The van der Waals surface area contributed by atoms with Crippen LogP contribution in [0.3, 0.4) is 0 Å². The lowest BCUT2D eigenvalue weighted by Gasteiger charge is -2.25. The number of hydrogen-bond acceptors (Lipinski definition) is 3. The van der Waals surface area contributed by atoms with Crippen LogP contribution in [0.25, 0.3) is 0 Å². The van der Waals surface area contributed by atoms with Gasteiger partial charge in [0, 0.05) is 17.1 Å². The van der Waals surface area contributed by atoms with E-state index in [2.05, 4.69) is 15.9 Å². The Morgan fingerprint density at radius 3 is 2.45 bits per heavy atom. The van der Waals surface area contributed by atoms with Gasteiger partial charge in [-0.3, -0.25) is 4.79 Å². The minimum Gasteiger partial charge on any atom is -0.481 e. The highest BCUT2D eigenvalue weighted by molar-refractivity contribution is 9.10. The molecule has 0 fully saturated rings. The summed E-state index contributed by atoms with van der Waals surface area (Å²) < 4.78 is 27.2. The predicted molar refractivity (Wildman–Crippen MR) is 80.2 cm³/mol. The first-order chi connectivity index (χ1) is 9.16. The van der Waals surface area contributed by atoms with Crippen LogP contribution in [0.4, 0.5) is 0 Å². The van der Waals surface area contributed by atoms with Crippen LogP contribution >= 0.6 is 15.9 Å². The van der Waals surface area contributed by atoms with Crippen molar-refractivity contribution in [3.05, 3.63) is 28.2 Å². The van der Waals surface area contributed by atoms with Crippen molar-refractivity contribution >= 4 is 31.9 Å². The van der Waals surface area contributed by atoms with Gasteiger partial charge in [0.05, 0.1) is 11.3 Å². The van der Waals surface area contributed by atoms with Gasteiger partial charge >= 0.3 is 5.97 Å². The molecule has 1 aromatic rings. The molecule has 0 aromatic heterocycles. The number of nitrogens with zero attached hydrogens (tertiary/aromatic N) is 1. The van der Waals surface area contributed by atoms with Gasteiger partial charge in [0.2, 0.25) is 10.0 Å². The first kappa shape index (κ1) is 17.1. The highest BCUT2D eigenvalue weighted by Crippen LogP contribution is 2.24. The molecule has 0 heterocycles. The van der Waals surface area contributed by atoms with E-state index in [1.807, 2.05) is 0 Å². The van der Waals surface area contributed by atoms with Crippen molar-refractivity contribution in [3.8, 4) is 0 Å². The second kappa shape index (κ2) is 6.69. The first-order valence-electron chi connectivity index (χ1n) is 6.16. The molecule has 0 saturated carbocycles. The van der Waals surface area contributed by atoms with E-state index in [9.17, 15) is 13.2 Å². The molecule has 0 aliphatic rings. The maximum atomic E-state index is 12.6. The summed E-state index contributed by atoms with van der Waals surface area (Å²) in [5.74, 6) is -1.02. The molecular formula is C13H18BrNO4S. The van der Waals surface area contributed by atoms with Gasteiger partial charge in [0.1, 0.15) is 0 Å². The third-order valence-electron chi connectivity index (χ3n) is 2.86. The quantitative estimate of drug-likeness (QED) is 0.842. The van der Waals surface area contributed by atoms with Crippen LogP contribution in [0.2, 0.25) is 0 Å². The molecule has 0 atom stereocenters. The van der Waals surface area contributed by atoms with Crippen LogP contribution in [-0.2, 0) is 14.8 Å². The monoisotopic (exact) mass is 363 g/mol. The van der Waals surface area contributed by atoms with E-state index in [0.717, 1.165) is 10.0 Å². The van der Waals surface area contributed by atoms with Crippen molar-refractivity contribution in [3.63, 3.8) is 0 Å². The summed E-state index contributed by atoms with van der Waals surface area (Å²) in [6, 6.07) is 4.47. The van der Waals surface area contributed by atoms with Crippen molar-refractivity contribution in [2.45, 2.75) is 38.1 Å². The topological polar surface area (TPSA) is 74.7 Å². The Morgan fingerprint density at radius 1 is 1.40 bits per heavy atom. The molecule has 0 saturated heterocycles. The fraction of sp³-hybridized carbons (Fsp3) is 0.462. The van der Waals surface area contributed by atoms with Crippen molar-refractivity contribution in [1.82, 2.24) is 4.31 Å². The Morgan fingerprint density at radius 2 is 2.00 bits per heavy atom. The zero-order valence-corrected chi connectivity index (χ0v) is 14.0. The Bertz CT molecular complexity index is 598. The van der Waals surface area contributed by atoms with Crippen molar-refractivity contribution in [1.29, 1.82) is 0 Å². The van der Waals surface area contributed by atoms with Crippen LogP contribution in [0.15, 0.2) is 27.6 Å². The van der Waals surface area contributed by atoms with Crippen molar-refractivity contribution < 1.29 is 18.3 Å². The summed E-state index contributed by atoms with van der Waals surface area (Å²) in [5.41, 5.74) is 0.813. The SMILES string of the molecule is Cc1cc(S(=O)(=O)N(CCC(=O)O)C(C)C)ccc1Br. The average molecular weight is 364 g/mol. The lowest BCUT2D eigenvalue weighted by Crippen LogP contribution is -2.38. The number of rotatable bonds is 6. The van der Waals surface area contributed by atoms with Gasteiger partial charge in [0.25, 0.3) is 0 Å². The highest BCUT2D eigenvalue weighted by atomic mass is 79.9.